The van der Waals surface area contributed by atoms with Crippen molar-refractivity contribution in [3.63, 3.8) is 0 Å². The minimum Gasteiger partial charge on any atom is -0.858 e. The Balaban J connectivity index is 2.23. The van der Waals surface area contributed by atoms with Crippen LogP contribution in [-0.2, 0) is 11.3 Å². The molecule has 0 fully saturated rings. The van der Waals surface area contributed by atoms with E-state index in [2.05, 4.69) is 15.6 Å². The number of methoxy groups -OCH3 is 1. The second kappa shape index (κ2) is 8.40. The van der Waals surface area contributed by atoms with Gasteiger partial charge in [0, 0.05) is 27.5 Å². The van der Waals surface area contributed by atoms with Gasteiger partial charge in [0.1, 0.15) is 0 Å². The molecule has 1 aromatic heterocycles. The first-order chi connectivity index (χ1) is 11.1. The van der Waals surface area contributed by atoms with Crippen LogP contribution in [0.4, 0.5) is 5.88 Å². The zero-order chi connectivity index (χ0) is 16.7. The molecule has 0 saturated heterocycles. The molecule has 0 aliphatic carbocycles. The van der Waals surface area contributed by atoms with Crippen LogP contribution < -0.4 is 15.1 Å². The van der Waals surface area contributed by atoms with Gasteiger partial charge < -0.3 is 15.2 Å². The van der Waals surface area contributed by atoms with Crippen molar-refractivity contribution in [3.8, 4) is 0 Å². The molecule has 0 amide bonds. The maximum Gasteiger partial charge on any atom is 0.325 e. The standard InChI is InChI=1S/C16H22N4O3/c1-12(2)20-14(11-17-9-10-22-3)16(23-19-20)18-15(21)13-7-5-4-6-8-13/h4-8,12,17H,9-11H2,1-3H3. The number of ether oxygens (including phenoxy) is 1. The van der Waals surface area contributed by atoms with E-state index >= 15 is 0 Å². The zero-order valence-electron chi connectivity index (χ0n) is 13.7. The van der Waals surface area contributed by atoms with E-state index < -0.39 is 0 Å². The quantitative estimate of drug-likeness (QED) is 0.335. The third kappa shape index (κ3) is 4.61. The van der Waals surface area contributed by atoms with E-state index in [1.54, 1.807) is 36.1 Å². The lowest BCUT2D eigenvalue weighted by atomic mass is 10.2. The van der Waals surface area contributed by atoms with Crippen LogP contribution >= 0.6 is 0 Å². The van der Waals surface area contributed by atoms with Gasteiger partial charge in [-0.25, -0.2) is 4.99 Å². The highest BCUT2D eigenvalue weighted by Crippen LogP contribution is 2.17. The second-order valence-corrected chi connectivity index (χ2v) is 5.32. The lowest BCUT2D eigenvalue weighted by Crippen LogP contribution is -2.43. The normalized spacial score (nSPS) is 12.1. The fourth-order valence-electron chi connectivity index (χ4n) is 2.05. The van der Waals surface area contributed by atoms with Crippen LogP contribution in [0, 0.1) is 0 Å². The molecule has 1 aromatic carbocycles. The molecule has 0 aliphatic heterocycles. The van der Waals surface area contributed by atoms with E-state index in [0.29, 0.717) is 25.3 Å². The van der Waals surface area contributed by atoms with E-state index in [1.807, 2.05) is 19.9 Å². The maximum atomic E-state index is 12.2. The van der Waals surface area contributed by atoms with Gasteiger partial charge in [-0.2, -0.15) is 0 Å². The fraction of sp³-hybridized carbons (Fsp3) is 0.438. The summed E-state index contributed by atoms with van der Waals surface area (Å²) in [5.41, 5.74) is 1.25. The average Bonchev–Trinajstić information content (AvgIpc) is 2.95. The highest BCUT2D eigenvalue weighted by Gasteiger charge is 2.26. The van der Waals surface area contributed by atoms with Crippen LogP contribution in [0.3, 0.4) is 0 Å². The van der Waals surface area contributed by atoms with Gasteiger partial charge in [-0.05, 0) is 16.1 Å². The second-order valence-electron chi connectivity index (χ2n) is 5.32. The Morgan fingerprint density at radius 2 is 2.13 bits per heavy atom. The van der Waals surface area contributed by atoms with Crippen molar-refractivity contribution in [1.82, 2.24) is 10.6 Å². The Bertz CT molecular complexity index is 638. The first-order valence-electron chi connectivity index (χ1n) is 7.54. The molecule has 0 unspecified atom stereocenters. The van der Waals surface area contributed by atoms with Gasteiger partial charge in [0.15, 0.2) is 6.04 Å². The monoisotopic (exact) mass is 318 g/mol. The Labute approximate surface area is 135 Å². The van der Waals surface area contributed by atoms with Gasteiger partial charge in [-0.3, -0.25) is 4.52 Å². The van der Waals surface area contributed by atoms with Crippen molar-refractivity contribution in [2.24, 2.45) is 4.99 Å². The summed E-state index contributed by atoms with van der Waals surface area (Å²) in [6.45, 7) is 5.76. The minimum atomic E-state index is -0.351. The third-order valence-corrected chi connectivity index (χ3v) is 3.23. The lowest BCUT2D eigenvalue weighted by Gasteiger charge is -2.08. The highest BCUT2D eigenvalue weighted by molar-refractivity contribution is 5.91. The summed E-state index contributed by atoms with van der Waals surface area (Å²) in [5.74, 6) is -0.117. The SMILES string of the molecule is COCCNCc1c(/N=C(\[O-])c2ccccc2)on[n+]1C(C)C. The van der Waals surface area contributed by atoms with Crippen LogP contribution in [0.2, 0.25) is 0 Å². The topological polar surface area (TPSA) is 86.6 Å². The van der Waals surface area contributed by atoms with E-state index in [0.717, 1.165) is 5.69 Å². The van der Waals surface area contributed by atoms with Crippen LogP contribution in [0.25, 0.3) is 0 Å². The van der Waals surface area contributed by atoms with Gasteiger partial charge in [0.25, 0.3) is 5.69 Å². The minimum absolute atomic E-state index is 0.105. The number of aromatic nitrogens is 2. The fourth-order valence-corrected chi connectivity index (χ4v) is 2.05. The molecule has 0 saturated carbocycles. The van der Waals surface area contributed by atoms with Crippen LogP contribution in [0.5, 0.6) is 0 Å². The summed E-state index contributed by atoms with van der Waals surface area (Å²) in [7, 11) is 1.65. The average molecular weight is 318 g/mol. The Kier molecular flexibility index (Phi) is 6.25. The Hall–Kier alpha value is -2.25. The number of rotatable bonds is 8. The van der Waals surface area contributed by atoms with Crippen LogP contribution in [0.1, 0.15) is 31.1 Å². The van der Waals surface area contributed by atoms with Gasteiger partial charge in [0.05, 0.1) is 13.2 Å². The number of benzene rings is 1. The van der Waals surface area contributed by atoms with Crippen molar-refractivity contribution in [2.45, 2.75) is 26.4 Å². The molecular formula is C16H22N4O3. The molecule has 124 valence electrons. The summed E-state index contributed by atoms with van der Waals surface area (Å²) >= 11 is 0. The van der Waals surface area contributed by atoms with Gasteiger partial charge >= 0.3 is 5.88 Å². The van der Waals surface area contributed by atoms with Crippen molar-refractivity contribution >= 4 is 11.8 Å². The maximum absolute atomic E-state index is 12.2. The summed E-state index contributed by atoms with van der Waals surface area (Å²) in [4.78, 5) is 4.07. The molecule has 23 heavy (non-hydrogen) atoms. The van der Waals surface area contributed by atoms with E-state index in [4.69, 9.17) is 9.26 Å². The summed E-state index contributed by atoms with van der Waals surface area (Å²) in [6.07, 6.45) is 0. The number of nitrogens with one attached hydrogen (secondary N) is 1. The smallest absolute Gasteiger partial charge is 0.325 e. The number of aliphatic imine (C=N–C) groups is 1. The zero-order valence-corrected chi connectivity index (χ0v) is 13.7. The molecule has 0 aliphatic rings. The van der Waals surface area contributed by atoms with Crippen LogP contribution in [-0.4, -0.2) is 31.4 Å². The molecule has 2 rings (SSSR count). The molecule has 0 bridgehead atoms. The largest absolute Gasteiger partial charge is 0.858 e. The molecule has 7 heteroatoms. The molecular weight excluding hydrogens is 296 g/mol. The molecule has 0 atom stereocenters. The van der Waals surface area contributed by atoms with Crippen molar-refractivity contribution in [1.29, 1.82) is 0 Å². The molecule has 1 N–H and O–H groups in total. The molecule has 2 aromatic rings. The van der Waals surface area contributed by atoms with Gasteiger partial charge in [0.2, 0.25) is 5.27 Å². The first kappa shape index (κ1) is 17.1. The van der Waals surface area contributed by atoms with E-state index in [1.165, 1.54) is 0 Å². The first-order valence-corrected chi connectivity index (χ1v) is 7.54. The number of hydrogen-bond acceptors (Lipinski definition) is 6. The van der Waals surface area contributed by atoms with Crippen LogP contribution in [0.15, 0.2) is 39.8 Å². The lowest BCUT2D eigenvalue weighted by molar-refractivity contribution is -0.785. The molecule has 7 nitrogen and oxygen atoms in total. The number of hydrogen-bond donors (Lipinski definition) is 1. The highest BCUT2D eigenvalue weighted by atomic mass is 16.5. The van der Waals surface area contributed by atoms with Crippen molar-refractivity contribution in [2.75, 3.05) is 20.3 Å². The summed E-state index contributed by atoms with van der Waals surface area (Å²) < 4.78 is 12.0. The summed E-state index contributed by atoms with van der Waals surface area (Å²) in [6, 6.07) is 8.98. The van der Waals surface area contributed by atoms with E-state index in [9.17, 15) is 5.11 Å². The van der Waals surface area contributed by atoms with Gasteiger partial charge in [-0.1, -0.05) is 30.3 Å². The predicted octanol–water partition coefficient (Wildman–Crippen LogP) is 0.718. The predicted molar refractivity (Wildman–Crippen MR) is 83.3 cm³/mol. The summed E-state index contributed by atoms with van der Waals surface area (Å²) in [5, 5.41) is 19.4. The van der Waals surface area contributed by atoms with Crippen molar-refractivity contribution in [3.05, 3.63) is 41.6 Å². The Morgan fingerprint density at radius 3 is 2.78 bits per heavy atom. The van der Waals surface area contributed by atoms with Crippen molar-refractivity contribution < 1.29 is 19.0 Å². The van der Waals surface area contributed by atoms with Gasteiger partial charge in [-0.15, -0.1) is 0 Å². The molecule has 0 radical (unpaired) electrons. The van der Waals surface area contributed by atoms with E-state index in [-0.39, 0.29) is 17.8 Å². The molecule has 0 spiro atoms. The third-order valence-electron chi connectivity index (χ3n) is 3.23. The number of nitrogens with zero attached hydrogens (tertiary/aromatic N) is 3. The molecule has 1 heterocycles. The Morgan fingerprint density at radius 1 is 1.39 bits per heavy atom.